The molecule has 0 radical (unpaired) electrons. The average Bonchev–Trinajstić information content (AvgIpc) is 3.63. The van der Waals surface area contributed by atoms with Crippen LogP contribution in [0.3, 0.4) is 0 Å². The number of rotatable bonds is 10. The minimum Gasteiger partial charge on any atom is -0.368 e. The fourth-order valence-corrected chi connectivity index (χ4v) is 11.1. The number of imide groups is 2. The first-order chi connectivity index (χ1) is 28.6. The Morgan fingerprint density at radius 3 is 2.27 bits per heavy atom. The number of nitrogens with one attached hydrogen (secondary N) is 2. The number of amides is 4. The van der Waals surface area contributed by atoms with Gasteiger partial charge in [0.25, 0.3) is 11.8 Å². The second-order valence-corrected chi connectivity index (χ2v) is 18.8. The molecule has 0 spiro atoms. The van der Waals surface area contributed by atoms with Crippen LogP contribution < -0.4 is 15.5 Å². The van der Waals surface area contributed by atoms with Gasteiger partial charge in [-0.1, -0.05) is 0 Å². The number of fused-ring (bicyclic) bond motifs is 2. The molecule has 4 saturated heterocycles. The molecule has 0 aliphatic carbocycles. The molecule has 7 heterocycles. The largest absolute Gasteiger partial charge is 0.368 e. The van der Waals surface area contributed by atoms with Crippen molar-refractivity contribution < 1.29 is 40.8 Å². The van der Waals surface area contributed by atoms with Gasteiger partial charge in [0.2, 0.25) is 27.8 Å². The molecule has 2 aromatic heterocycles. The van der Waals surface area contributed by atoms with Gasteiger partial charge in [-0.05, 0) is 64.3 Å². The average molecular weight is 849 g/mol. The molecule has 5 aliphatic rings. The van der Waals surface area contributed by atoms with Gasteiger partial charge < -0.3 is 19.7 Å². The number of halogens is 3. The summed E-state index contributed by atoms with van der Waals surface area (Å²) in [7, 11) is -3.58. The monoisotopic (exact) mass is 848 g/mol. The lowest BCUT2D eigenvalue weighted by atomic mass is 9.96. The van der Waals surface area contributed by atoms with E-state index in [2.05, 4.69) is 30.5 Å². The van der Waals surface area contributed by atoms with Crippen molar-refractivity contribution in [3.63, 3.8) is 0 Å². The molecular formula is C40H43F3N10O6S. The predicted octanol–water partition coefficient (Wildman–Crippen LogP) is 3.23. The summed E-state index contributed by atoms with van der Waals surface area (Å²) >= 11 is 0. The smallest absolute Gasteiger partial charge is 0.262 e. The predicted molar refractivity (Wildman–Crippen MR) is 212 cm³/mol. The number of anilines is 2. The molecule has 2 N–H and O–H groups in total. The summed E-state index contributed by atoms with van der Waals surface area (Å²) in [5.74, 6) is -3.73. The van der Waals surface area contributed by atoms with E-state index in [1.165, 1.54) is 16.4 Å². The second kappa shape index (κ2) is 14.9. The first kappa shape index (κ1) is 40.0. The first-order valence-corrected chi connectivity index (χ1v) is 21.6. The summed E-state index contributed by atoms with van der Waals surface area (Å²) in [5, 5.41) is 4.80. The summed E-state index contributed by atoms with van der Waals surface area (Å²) in [6, 6.07) is 3.95. The number of imidazole rings is 1. The van der Waals surface area contributed by atoms with Crippen molar-refractivity contribution >= 4 is 56.3 Å². The Morgan fingerprint density at radius 2 is 1.58 bits per heavy atom. The van der Waals surface area contributed by atoms with Crippen molar-refractivity contribution in [1.29, 1.82) is 0 Å². The van der Waals surface area contributed by atoms with Crippen molar-refractivity contribution in [3.05, 3.63) is 64.9 Å². The molecule has 1 unspecified atom stereocenters. The van der Waals surface area contributed by atoms with Crippen LogP contribution in [0.25, 0.3) is 22.3 Å². The maximum absolute atomic E-state index is 15.3. The Labute approximate surface area is 343 Å². The number of sulfonamides is 1. The van der Waals surface area contributed by atoms with Crippen LogP contribution in [0.1, 0.15) is 72.1 Å². The lowest BCUT2D eigenvalue weighted by Crippen LogP contribution is -2.62. The van der Waals surface area contributed by atoms with E-state index in [0.717, 1.165) is 17.2 Å². The van der Waals surface area contributed by atoms with Gasteiger partial charge in [-0.25, -0.2) is 40.8 Å². The number of piperidine rings is 2. The van der Waals surface area contributed by atoms with E-state index >= 15 is 13.2 Å². The molecule has 5 aliphatic heterocycles. The molecule has 60 heavy (non-hydrogen) atoms. The SMILES string of the molecule is Cc1nc2c(F)cc(-c3nc(NC4CCN(S(=O)(=O)C5CN(CC6CN(c7cc8c(cc7F)C(=O)N(C7CCC(=O)NC7=O)C8=O)C6)C5)CC4)ncc3F)cc2n1C(C)C. The van der Waals surface area contributed by atoms with Gasteiger partial charge in [-0.3, -0.25) is 29.4 Å². The van der Waals surface area contributed by atoms with Crippen molar-refractivity contribution in [1.82, 2.24) is 38.9 Å². The molecule has 0 bridgehead atoms. The zero-order valence-electron chi connectivity index (χ0n) is 33.1. The standard InChI is InChI=1S/C40H43F3N10O6S/c1-20(2)52-21(3)45-36-29(42)10-23(11-33(36)52)35-30(43)14-44-40(48-35)46-24-6-8-51(9-7-24)60(58,59)25-18-49(19-25)15-22-16-50(17-22)32-13-27-26(12-28(32)41)38(56)53(39(27)57)31-4-5-34(54)47-37(31)55/h10-14,20,22,24-25,31H,4-9,15-19H2,1-3H3,(H,44,46,48)(H,47,54,55). The van der Waals surface area contributed by atoms with Crippen molar-refractivity contribution in [3.8, 4) is 11.3 Å². The molecule has 9 rings (SSSR count). The molecule has 4 aromatic rings. The van der Waals surface area contributed by atoms with E-state index in [1.54, 1.807) is 17.9 Å². The molecule has 16 nitrogen and oxygen atoms in total. The van der Waals surface area contributed by atoms with E-state index < -0.39 is 62.4 Å². The van der Waals surface area contributed by atoms with Crippen molar-refractivity contribution in [2.75, 3.05) is 56.0 Å². The van der Waals surface area contributed by atoms with Gasteiger partial charge in [0.1, 0.15) is 34.1 Å². The van der Waals surface area contributed by atoms with Gasteiger partial charge in [0.15, 0.2) is 11.6 Å². The van der Waals surface area contributed by atoms with Gasteiger partial charge in [0, 0.05) is 75.8 Å². The molecule has 316 valence electrons. The molecule has 20 heteroatoms. The maximum atomic E-state index is 15.3. The topological polar surface area (TPSA) is 183 Å². The van der Waals surface area contributed by atoms with E-state index in [9.17, 15) is 27.6 Å². The van der Waals surface area contributed by atoms with E-state index in [4.69, 9.17) is 0 Å². The van der Waals surface area contributed by atoms with Crippen LogP contribution >= 0.6 is 0 Å². The number of nitrogens with zero attached hydrogens (tertiary/aromatic N) is 8. The third-order valence-corrected chi connectivity index (χ3v) is 14.5. The molecule has 4 fully saturated rings. The van der Waals surface area contributed by atoms with Crippen LogP contribution in [0.4, 0.5) is 24.8 Å². The van der Waals surface area contributed by atoms with Gasteiger partial charge in [0.05, 0.1) is 28.5 Å². The molecule has 0 saturated carbocycles. The Hall–Kier alpha value is -5.47. The molecular weight excluding hydrogens is 806 g/mol. The highest BCUT2D eigenvalue weighted by Crippen LogP contribution is 2.36. The molecule has 1 atom stereocenters. The number of hydrogen-bond acceptors (Lipinski definition) is 12. The van der Waals surface area contributed by atoms with E-state index in [0.29, 0.717) is 56.9 Å². The number of carbonyl (C=O) groups excluding carboxylic acids is 4. The zero-order valence-corrected chi connectivity index (χ0v) is 33.9. The fourth-order valence-electron chi connectivity index (χ4n) is 9.17. The first-order valence-electron chi connectivity index (χ1n) is 20.1. The Kier molecular flexibility index (Phi) is 9.93. The van der Waals surface area contributed by atoms with Crippen LogP contribution in [-0.2, 0) is 19.6 Å². The van der Waals surface area contributed by atoms with Crippen molar-refractivity contribution in [2.24, 2.45) is 5.92 Å². The summed E-state index contributed by atoms with van der Waals surface area (Å²) in [5.41, 5.74) is 0.983. The van der Waals surface area contributed by atoms with Crippen LogP contribution in [-0.4, -0.2) is 129 Å². The Balaban J connectivity index is 0.758. The van der Waals surface area contributed by atoms with E-state index in [-0.39, 0.29) is 83.5 Å². The number of aromatic nitrogens is 4. The number of benzene rings is 2. The number of aryl methyl sites for hydroxylation is 1. The van der Waals surface area contributed by atoms with Gasteiger partial charge in [-0.15, -0.1) is 0 Å². The minimum absolute atomic E-state index is 0.00119. The fraction of sp³-hybridized carbons (Fsp3) is 0.475. The molecule has 4 amide bonds. The minimum atomic E-state index is -3.58. The summed E-state index contributed by atoms with van der Waals surface area (Å²) in [4.78, 5) is 67.7. The lowest BCUT2D eigenvalue weighted by Gasteiger charge is -2.48. The van der Waals surface area contributed by atoms with Crippen LogP contribution in [0, 0.1) is 30.3 Å². The number of hydrogen-bond donors (Lipinski definition) is 2. The highest BCUT2D eigenvalue weighted by Gasteiger charge is 2.47. The van der Waals surface area contributed by atoms with Crippen LogP contribution in [0.15, 0.2) is 30.5 Å². The number of likely N-dealkylation sites (tertiary alicyclic amines) is 1. The van der Waals surface area contributed by atoms with Crippen LogP contribution in [0.2, 0.25) is 0 Å². The summed E-state index contributed by atoms with van der Waals surface area (Å²) in [6.45, 7) is 8.57. The van der Waals surface area contributed by atoms with E-state index in [1.807, 2.05) is 18.4 Å². The van der Waals surface area contributed by atoms with Gasteiger partial charge in [-0.2, -0.15) is 0 Å². The van der Waals surface area contributed by atoms with Crippen LogP contribution in [0.5, 0.6) is 0 Å². The quantitative estimate of drug-likeness (QED) is 0.223. The highest BCUT2D eigenvalue weighted by atomic mass is 32.2. The summed E-state index contributed by atoms with van der Waals surface area (Å²) in [6.07, 6.45) is 1.98. The number of carbonyl (C=O) groups is 4. The zero-order chi connectivity index (χ0) is 42.4. The maximum Gasteiger partial charge on any atom is 0.262 e. The van der Waals surface area contributed by atoms with Crippen molar-refractivity contribution in [2.45, 2.75) is 69.8 Å². The highest BCUT2D eigenvalue weighted by molar-refractivity contribution is 7.89. The third kappa shape index (κ3) is 6.87. The second-order valence-electron chi connectivity index (χ2n) is 16.6. The molecule has 2 aromatic carbocycles. The lowest BCUT2D eigenvalue weighted by molar-refractivity contribution is -0.136. The normalized spacial score (nSPS) is 21.2. The Morgan fingerprint density at radius 1 is 0.883 bits per heavy atom. The third-order valence-electron chi connectivity index (χ3n) is 12.3. The Bertz CT molecular complexity index is 2590. The summed E-state index contributed by atoms with van der Waals surface area (Å²) < 4.78 is 76.1. The van der Waals surface area contributed by atoms with Gasteiger partial charge >= 0.3 is 0 Å².